The molecule has 1 aromatic rings. The summed E-state index contributed by atoms with van der Waals surface area (Å²) in [6.07, 6.45) is 0.385. The average Bonchev–Trinajstić information content (AvgIpc) is 2.41. The molecule has 0 unspecified atom stereocenters. The molecular formula is C13H14N4O2. The summed E-state index contributed by atoms with van der Waals surface area (Å²) in [5, 5.41) is 26.6. The Kier molecular flexibility index (Phi) is 5.18. The summed E-state index contributed by atoms with van der Waals surface area (Å²) in [4.78, 5) is 13.6. The van der Waals surface area contributed by atoms with Crippen molar-refractivity contribution in [3.8, 4) is 17.9 Å². The van der Waals surface area contributed by atoms with E-state index in [2.05, 4.69) is 0 Å². The lowest BCUT2D eigenvalue weighted by Gasteiger charge is -2.20. The van der Waals surface area contributed by atoms with Crippen molar-refractivity contribution in [3.05, 3.63) is 23.8 Å². The van der Waals surface area contributed by atoms with E-state index >= 15 is 0 Å². The van der Waals surface area contributed by atoms with Crippen LogP contribution in [0.1, 0.15) is 23.2 Å². The first-order valence-corrected chi connectivity index (χ1v) is 5.71. The van der Waals surface area contributed by atoms with Crippen molar-refractivity contribution < 1.29 is 9.90 Å². The van der Waals surface area contributed by atoms with Gasteiger partial charge in [0.25, 0.3) is 5.91 Å². The van der Waals surface area contributed by atoms with Gasteiger partial charge in [-0.3, -0.25) is 4.79 Å². The minimum absolute atomic E-state index is 0.161. The molecular weight excluding hydrogens is 244 g/mol. The predicted molar refractivity (Wildman–Crippen MR) is 68.9 cm³/mol. The molecule has 1 aromatic carbocycles. The van der Waals surface area contributed by atoms with Crippen molar-refractivity contribution in [3.63, 3.8) is 0 Å². The van der Waals surface area contributed by atoms with Gasteiger partial charge in [-0.1, -0.05) is 0 Å². The molecule has 0 spiro atoms. The third-order valence-corrected chi connectivity index (χ3v) is 2.55. The average molecular weight is 258 g/mol. The minimum atomic E-state index is -0.333. The number of hydrogen-bond donors (Lipinski definition) is 2. The van der Waals surface area contributed by atoms with Crippen LogP contribution in [-0.4, -0.2) is 29.0 Å². The number of hydrogen-bond acceptors (Lipinski definition) is 5. The molecule has 0 saturated heterocycles. The number of phenols is 1. The highest BCUT2D eigenvalue weighted by atomic mass is 16.3. The number of nitriles is 2. The van der Waals surface area contributed by atoms with Gasteiger partial charge in [-0.25, -0.2) is 0 Å². The van der Waals surface area contributed by atoms with E-state index in [1.54, 1.807) is 0 Å². The Labute approximate surface area is 111 Å². The Morgan fingerprint density at radius 2 is 1.84 bits per heavy atom. The summed E-state index contributed by atoms with van der Waals surface area (Å²) in [6, 6.07) is 8.13. The van der Waals surface area contributed by atoms with Gasteiger partial charge in [0.2, 0.25) is 0 Å². The quantitative estimate of drug-likeness (QED) is 0.609. The molecule has 1 amide bonds. The van der Waals surface area contributed by atoms with Crippen LogP contribution >= 0.6 is 0 Å². The lowest BCUT2D eigenvalue weighted by atomic mass is 10.1. The van der Waals surface area contributed by atoms with Crippen molar-refractivity contribution in [1.82, 2.24) is 4.90 Å². The minimum Gasteiger partial charge on any atom is -0.506 e. The largest absolute Gasteiger partial charge is 0.506 e. The Morgan fingerprint density at radius 1 is 1.26 bits per heavy atom. The molecule has 6 nitrogen and oxygen atoms in total. The number of nitrogens with zero attached hydrogens (tertiary/aromatic N) is 3. The number of benzene rings is 1. The van der Waals surface area contributed by atoms with Crippen LogP contribution in [0.5, 0.6) is 5.75 Å². The number of carbonyl (C=O) groups is 1. The molecule has 0 aliphatic carbocycles. The van der Waals surface area contributed by atoms with E-state index in [4.69, 9.17) is 16.3 Å². The first-order chi connectivity index (χ1) is 9.10. The number of nitrogens with two attached hydrogens (primary N) is 1. The third-order valence-electron chi connectivity index (χ3n) is 2.55. The SMILES string of the molecule is N#CCCN(CCC#N)C(=O)c1ccc(N)c(O)c1. The van der Waals surface area contributed by atoms with E-state index in [0.717, 1.165) is 0 Å². The molecule has 0 fully saturated rings. The third kappa shape index (κ3) is 3.90. The molecule has 0 bridgehead atoms. The Bertz CT molecular complexity index is 525. The number of aromatic hydroxyl groups is 1. The Morgan fingerprint density at radius 3 is 2.32 bits per heavy atom. The van der Waals surface area contributed by atoms with Gasteiger partial charge < -0.3 is 15.7 Å². The zero-order valence-corrected chi connectivity index (χ0v) is 10.3. The zero-order chi connectivity index (χ0) is 14.3. The monoisotopic (exact) mass is 258 g/mol. The number of carbonyl (C=O) groups excluding carboxylic acids is 1. The van der Waals surface area contributed by atoms with Crippen LogP contribution in [0.3, 0.4) is 0 Å². The molecule has 19 heavy (non-hydrogen) atoms. The van der Waals surface area contributed by atoms with Gasteiger partial charge in [-0.05, 0) is 18.2 Å². The van der Waals surface area contributed by atoms with Crippen molar-refractivity contribution in [2.24, 2.45) is 0 Å². The topological polar surface area (TPSA) is 114 Å². The summed E-state index contributed by atoms with van der Waals surface area (Å²) in [6.45, 7) is 0.504. The smallest absolute Gasteiger partial charge is 0.254 e. The second-order valence-corrected chi connectivity index (χ2v) is 3.88. The van der Waals surface area contributed by atoms with Crippen LogP contribution in [0.4, 0.5) is 5.69 Å². The summed E-state index contributed by atoms with van der Waals surface area (Å²) in [5.41, 5.74) is 5.94. The van der Waals surface area contributed by atoms with Gasteiger partial charge in [0.1, 0.15) is 5.75 Å². The van der Waals surface area contributed by atoms with Gasteiger partial charge in [0.05, 0.1) is 30.7 Å². The molecule has 0 radical (unpaired) electrons. The van der Waals surface area contributed by atoms with Crippen LogP contribution in [0.2, 0.25) is 0 Å². The lowest BCUT2D eigenvalue weighted by Crippen LogP contribution is -2.32. The van der Waals surface area contributed by atoms with Crippen LogP contribution in [0.15, 0.2) is 18.2 Å². The molecule has 0 aliphatic heterocycles. The Hall–Kier alpha value is -2.73. The number of phenolic OH excluding ortho intramolecular Hbond substituents is 1. The van der Waals surface area contributed by atoms with Gasteiger partial charge >= 0.3 is 0 Å². The summed E-state index contributed by atoms with van der Waals surface area (Å²) >= 11 is 0. The second-order valence-electron chi connectivity index (χ2n) is 3.88. The fourth-order valence-electron chi connectivity index (χ4n) is 1.54. The van der Waals surface area contributed by atoms with E-state index in [1.807, 2.05) is 12.1 Å². The maximum atomic E-state index is 12.2. The summed E-state index contributed by atoms with van der Waals surface area (Å²) in [5.74, 6) is -0.493. The van der Waals surface area contributed by atoms with Crippen molar-refractivity contribution >= 4 is 11.6 Å². The zero-order valence-electron chi connectivity index (χ0n) is 10.3. The highest BCUT2D eigenvalue weighted by molar-refractivity contribution is 5.95. The molecule has 0 aliphatic rings. The van der Waals surface area contributed by atoms with Crippen molar-refractivity contribution in [2.75, 3.05) is 18.8 Å². The normalized spacial score (nSPS) is 9.37. The van der Waals surface area contributed by atoms with Gasteiger partial charge in [-0.2, -0.15) is 10.5 Å². The summed E-state index contributed by atoms with van der Waals surface area (Å²) in [7, 11) is 0. The Balaban J connectivity index is 2.88. The van der Waals surface area contributed by atoms with E-state index in [0.29, 0.717) is 0 Å². The number of amides is 1. The molecule has 98 valence electrons. The second kappa shape index (κ2) is 6.87. The highest BCUT2D eigenvalue weighted by Gasteiger charge is 2.16. The fraction of sp³-hybridized carbons (Fsp3) is 0.308. The van der Waals surface area contributed by atoms with Crippen molar-refractivity contribution in [2.45, 2.75) is 12.8 Å². The van der Waals surface area contributed by atoms with E-state index in [1.165, 1.54) is 23.1 Å². The van der Waals surface area contributed by atoms with Gasteiger partial charge in [0.15, 0.2) is 0 Å². The van der Waals surface area contributed by atoms with Gasteiger partial charge in [-0.15, -0.1) is 0 Å². The van der Waals surface area contributed by atoms with Gasteiger partial charge in [0, 0.05) is 18.7 Å². The van der Waals surface area contributed by atoms with Crippen LogP contribution in [-0.2, 0) is 0 Å². The molecule has 3 N–H and O–H groups in total. The van der Waals surface area contributed by atoms with E-state index in [-0.39, 0.29) is 48.8 Å². The van der Waals surface area contributed by atoms with E-state index in [9.17, 15) is 9.90 Å². The number of nitrogen functional groups attached to an aromatic ring is 1. The first-order valence-electron chi connectivity index (χ1n) is 5.71. The van der Waals surface area contributed by atoms with Crippen molar-refractivity contribution in [1.29, 1.82) is 10.5 Å². The standard InChI is InChI=1S/C13H14N4O2/c14-5-1-7-17(8-2-6-15)13(19)10-3-4-11(16)12(18)9-10/h3-4,9,18H,1-2,7-8,16H2. The maximum absolute atomic E-state index is 12.2. The molecule has 1 rings (SSSR count). The molecule has 0 heterocycles. The van der Waals surface area contributed by atoms with E-state index < -0.39 is 0 Å². The van der Waals surface area contributed by atoms with Crippen LogP contribution in [0, 0.1) is 22.7 Å². The fourth-order valence-corrected chi connectivity index (χ4v) is 1.54. The van der Waals surface area contributed by atoms with Crippen LogP contribution in [0.25, 0.3) is 0 Å². The molecule has 6 heteroatoms. The molecule has 0 saturated carbocycles. The number of rotatable bonds is 5. The molecule has 0 aromatic heterocycles. The summed E-state index contributed by atoms with van der Waals surface area (Å²) < 4.78 is 0. The lowest BCUT2D eigenvalue weighted by molar-refractivity contribution is 0.0762. The molecule has 0 atom stereocenters. The predicted octanol–water partition coefficient (Wildman–Crippen LogP) is 1.24. The first kappa shape index (κ1) is 14.3. The highest BCUT2D eigenvalue weighted by Crippen LogP contribution is 2.21. The maximum Gasteiger partial charge on any atom is 0.254 e. The van der Waals surface area contributed by atoms with Crippen LogP contribution < -0.4 is 5.73 Å². The number of anilines is 1.